The largest absolute Gasteiger partial charge is 0.387 e. The molecule has 2 heterocycles. The van der Waals surface area contributed by atoms with Crippen LogP contribution in [0.2, 0.25) is 5.02 Å². The van der Waals surface area contributed by atoms with Crippen LogP contribution in [0.25, 0.3) is 22.4 Å². The summed E-state index contributed by atoms with van der Waals surface area (Å²) in [4.78, 5) is 33.9. The smallest absolute Gasteiger partial charge is 0.261 e. The molecule has 2 aromatic carbocycles. The minimum absolute atomic E-state index is 0.0638. The Morgan fingerprint density at radius 1 is 1.32 bits per heavy atom. The number of amidine groups is 1. The van der Waals surface area contributed by atoms with Gasteiger partial charge in [0.1, 0.15) is 11.4 Å². The predicted octanol–water partition coefficient (Wildman–Crippen LogP) is 3.96. The van der Waals surface area contributed by atoms with E-state index in [0.717, 1.165) is 10.6 Å². The monoisotopic (exact) mass is 479 g/mol. The first-order valence-corrected chi connectivity index (χ1v) is 10.7. The van der Waals surface area contributed by atoms with E-state index in [1.165, 1.54) is 13.2 Å². The van der Waals surface area contributed by atoms with Crippen molar-refractivity contribution in [2.24, 2.45) is 5.29 Å². The Bertz CT molecular complexity index is 1450. The second kappa shape index (κ2) is 9.46. The highest BCUT2D eigenvalue weighted by molar-refractivity contribution is 6.30. The minimum Gasteiger partial charge on any atom is -0.387 e. The van der Waals surface area contributed by atoms with Crippen LogP contribution >= 0.6 is 11.6 Å². The van der Waals surface area contributed by atoms with Crippen molar-refractivity contribution < 1.29 is 5.11 Å². The number of halogens is 1. The number of nitrogens with zero attached hydrogens (tertiary/aromatic N) is 3. The lowest BCUT2D eigenvalue weighted by Gasteiger charge is -2.15. The Kier molecular flexibility index (Phi) is 6.44. The Balaban J connectivity index is 1.68. The van der Waals surface area contributed by atoms with E-state index in [4.69, 9.17) is 17.0 Å². The van der Waals surface area contributed by atoms with Gasteiger partial charge < -0.3 is 20.4 Å². The molecule has 0 spiro atoms. The summed E-state index contributed by atoms with van der Waals surface area (Å²) < 4.78 is 0. The number of pyridine rings is 1. The van der Waals surface area contributed by atoms with Gasteiger partial charge >= 0.3 is 0 Å². The molecule has 1 unspecified atom stereocenters. The fraction of sp³-hybridized carbons (Fsp3) is 0.174. The Morgan fingerprint density at radius 3 is 2.85 bits per heavy atom. The molecule has 0 radical (unpaired) electrons. The third-order valence-corrected chi connectivity index (χ3v) is 5.65. The Labute approximate surface area is 199 Å². The van der Waals surface area contributed by atoms with Crippen LogP contribution in [0.1, 0.15) is 22.8 Å². The number of H-pyrrole nitrogens is 2. The molecule has 10 nitrogen and oxygen atoms in total. The van der Waals surface area contributed by atoms with Crippen molar-refractivity contribution in [1.29, 1.82) is 5.41 Å². The Hall–Kier alpha value is -4.02. The SMILES string of the molecule is Cc1cc(C(=N)N(C)N=O)cc2[nH]c(-c3c(NCC(O)c4cccc(Cl)c4)cc[nH]c3=O)nc12. The molecule has 0 aliphatic rings. The van der Waals surface area contributed by atoms with Crippen LogP contribution in [0.4, 0.5) is 5.69 Å². The first-order chi connectivity index (χ1) is 16.3. The lowest BCUT2D eigenvalue weighted by molar-refractivity contribution is 0.191. The number of anilines is 1. The van der Waals surface area contributed by atoms with Crippen molar-refractivity contribution in [3.63, 3.8) is 0 Å². The molecule has 0 aliphatic heterocycles. The van der Waals surface area contributed by atoms with E-state index in [9.17, 15) is 14.8 Å². The molecule has 2 aromatic heterocycles. The van der Waals surface area contributed by atoms with Gasteiger partial charge in [-0.15, -0.1) is 4.91 Å². The second-order valence-electron chi connectivity index (χ2n) is 7.78. The number of aliphatic hydroxyl groups is 1. The highest BCUT2D eigenvalue weighted by Crippen LogP contribution is 2.27. The van der Waals surface area contributed by atoms with Gasteiger partial charge in [-0.1, -0.05) is 23.7 Å². The summed E-state index contributed by atoms with van der Waals surface area (Å²) in [6, 6.07) is 12.0. The van der Waals surface area contributed by atoms with E-state index in [-0.39, 0.29) is 23.5 Å². The Morgan fingerprint density at radius 2 is 2.12 bits per heavy atom. The van der Waals surface area contributed by atoms with Gasteiger partial charge in [0, 0.05) is 30.4 Å². The zero-order chi connectivity index (χ0) is 24.4. The molecule has 0 amide bonds. The fourth-order valence-corrected chi connectivity index (χ4v) is 3.87. The van der Waals surface area contributed by atoms with Crippen molar-refractivity contribution in [3.8, 4) is 11.4 Å². The number of fused-ring (bicyclic) bond motifs is 1. The van der Waals surface area contributed by atoms with Crippen LogP contribution in [0.5, 0.6) is 0 Å². The molecule has 0 bridgehead atoms. The van der Waals surface area contributed by atoms with Gasteiger partial charge in [0.15, 0.2) is 5.84 Å². The van der Waals surface area contributed by atoms with Crippen molar-refractivity contribution in [2.45, 2.75) is 13.0 Å². The van der Waals surface area contributed by atoms with Gasteiger partial charge in [-0.25, -0.2) is 9.99 Å². The molecule has 0 saturated carbocycles. The molecule has 11 heteroatoms. The maximum Gasteiger partial charge on any atom is 0.261 e. The average Bonchev–Trinajstić information content (AvgIpc) is 3.25. The number of hydrogen-bond acceptors (Lipinski definition) is 7. The number of aliphatic hydroxyl groups excluding tert-OH is 1. The number of imidazole rings is 1. The molecule has 4 aromatic rings. The molecular weight excluding hydrogens is 458 g/mol. The quantitative estimate of drug-likeness (QED) is 0.117. The van der Waals surface area contributed by atoms with Gasteiger partial charge in [0.2, 0.25) is 0 Å². The van der Waals surface area contributed by atoms with E-state index in [2.05, 4.69) is 25.6 Å². The fourth-order valence-electron chi connectivity index (χ4n) is 3.67. The lowest BCUT2D eigenvalue weighted by Crippen LogP contribution is -2.20. The van der Waals surface area contributed by atoms with E-state index in [1.54, 1.807) is 42.5 Å². The van der Waals surface area contributed by atoms with E-state index >= 15 is 0 Å². The number of nitrogens with one attached hydrogen (secondary N) is 4. The predicted molar refractivity (Wildman–Crippen MR) is 132 cm³/mol. The zero-order valence-electron chi connectivity index (χ0n) is 18.4. The van der Waals surface area contributed by atoms with E-state index in [0.29, 0.717) is 38.7 Å². The molecule has 34 heavy (non-hydrogen) atoms. The zero-order valence-corrected chi connectivity index (χ0v) is 19.1. The van der Waals surface area contributed by atoms with Crippen LogP contribution < -0.4 is 10.9 Å². The maximum atomic E-state index is 12.7. The standard InChI is InChI=1S/C23H22ClN7O3/c1-12-8-14(21(25)31(2)30-34)10-17-20(12)29-22(28-17)19-16(6-7-26-23(19)33)27-11-18(32)13-4-3-5-15(24)9-13/h3-10,18,25,32H,11H2,1-2H3,(H,28,29)(H2,26,27,33). The highest BCUT2D eigenvalue weighted by Gasteiger charge is 2.18. The van der Waals surface area contributed by atoms with Gasteiger partial charge in [-0.2, -0.15) is 0 Å². The number of aryl methyl sites for hydroxylation is 1. The van der Waals surface area contributed by atoms with Gasteiger partial charge in [-0.3, -0.25) is 10.2 Å². The highest BCUT2D eigenvalue weighted by atomic mass is 35.5. The van der Waals surface area contributed by atoms with Crippen LogP contribution in [-0.4, -0.2) is 44.5 Å². The van der Waals surface area contributed by atoms with Crippen LogP contribution in [0.15, 0.2) is 58.7 Å². The minimum atomic E-state index is -0.847. The van der Waals surface area contributed by atoms with Crippen molar-refractivity contribution in [2.75, 3.05) is 18.9 Å². The molecule has 0 aliphatic carbocycles. The van der Waals surface area contributed by atoms with E-state index < -0.39 is 6.10 Å². The molecule has 0 fully saturated rings. The molecule has 174 valence electrons. The second-order valence-corrected chi connectivity index (χ2v) is 8.21. The summed E-state index contributed by atoms with van der Waals surface area (Å²) in [5, 5.41) is 26.0. The first-order valence-electron chi connectivity index (χ1n) is 10.3. The molecule has 5 N–H and O–H groups in total. The summed E-state index contributed by atoms with van der Waals surface area (Å²) in [6.07, 6.45) is 0.663. The third-order valence-electron chi connectivity index (χ3n) is 5.41. The summed E-state index contributed by atoms with van der Waals surface area (Å²) >= 11 is 6.01. The first kappa shape index (κ1) is 23.1. The number of rotatable bonds is 7. The van der Waals surface area contributed by atoms with Crippen molar-refractivity contribution in [1.82, 2.24) is 20.0 Å². The van der Waals surface area contributed by atoms with Gasteiger partial charge in [0.25, 0.3) is 5.56 Å². The summed E-state index contributed by atoms with van der Waals surface area (Å²) in [5.74, 6) is 0.260. The number of aromatic amines is 2. The molecule has 1 atom stereocenters. The third kappa shape index (κ3) is 4.54. The number of nitroso groups, excluding NO2 is 1. The number of aromatic nitrogens is 3. The number of benzene rings is 2. The summed E-state index contributed by atoms with van der Waals surface area (Å²) in [5.41, 5.74) is 3.51. The van der Waals surface area contributed by atoms with Crippen molar-refractivity contribution >= 4 is 34.2 Å². The van der Waals surface area contributed by atoms with E-state index in [1.807, 2.05) is 6.92 Å². The lowest BCUT2D eigenvalue weighted by atomic mass is 10.1. The van der Waals surface area contributed by atoms with Crippen molar-refractivity contribution in [3.05, 3.63) is 85.6 Å². The topological polar surface area (TPSA) is 150 Å². The van der Waals surface area contributed by atoms with Crippen LogP contribution in [0, 0.1) is 17.2 Å². The van der Waals surface area contributed by atoms with Gasteiger partial charge in [0.05, 0.1) is 28.1 Å². The van der Waals surface area contributed by atoms with Crippen LogP contribution in [0.3, 0.4) is 0 Å². The summed E-state index contributed by atoms with van der Waals surface area (Å²) in [7, 11) is 1.40. The molecule has 4 rings (SSSR count). The van der Waals surface area contributed by atoms with Gasteiger partial charge in [-0.05, 0) is 48.4 Å². The average molecular weight is 480 g/mol. The molecular formula is C23H22ClN7O3. The maximum absolute atomic E-state index is 12.7. The summed E-state index contributed by atoms with van der Waals surface area (Å²) in [6.45, 7) is 1.97. The number of hydrogen-bond donors (Lipinski definition) is 5. The van der Waals surface area contributed by atoms with Crippen LogP contribution in [-0.2, 0) is 0 Å². The normalized spacial score (nSPS) is 11.9. The molecule has 0 saturated heterocycles.